The number of hydrogen-bond donors (Lipinski definition) is 2. The summed E-state index contributed by atoms with van der Waals surface area (Å²) in [6, 6.07) is 3.06. The smallest absolute Gasteiger partial charge is 0.275 e. The molecule has 0 fully saturated rings. The van der Waals surface area contributed by atoms with Gasteiger partial charge < -0.3 is 5.32 Å². The fourth-order valence-corrected chi connectivity index (χ4v) is 2.10. The molecule has 3 N–H and O–H groups in total. The first kappa shape index (κ1) is 15.0. The number of nitrogens with zero attached hydrogens (tertiary/aromatic N) is 2. The Morgan fingerprint density at radius 2 is 2.00 bits per heavy atom. The summed E-state index contributed by atoms with van der Waals surface area (Å²) in [6.07, 6.45) is 2.69. The first-order chi connectivity index (χ1) is 9.77. The summed E-state index contributed by atoms with van der Waals surface area (Å²) in [6.45, 7) is 1.72. The highest BCUT2D eigenvalue weighted by molar-refractivity contribution is 7.89. The van der Waals surface area contributed by atoms with Crippen LogP contribution in [-0.2, 0) is 10.0 Å². The summed E-state index contributed by atoms with van der Waals surface area (Å²) in [5.74, 6) is -1.64. The van der Waals surface area contributed by atoms with Gasteiger partial charge in [0.1, 0.15) is 16.4 Å². The van der Waals surface area contributed by atoms with Crippen LogP contribution in [0.5, 0.6) is 0 Å². The van der Waals surface area contributed by atoms with Gasteiger partial charge in [0.15, 0.2) is 0 Å². The maximum Gasteiger partial charge on any atom is 0.275 e. The third kappa shape index (κ3) is 3.58. The van der Waals surface area contributed by atoms with Crippen LogP contribution < -0.4 is 10.5 Å². The summed E-state index contributed by atoms with van der Waals surface area (Å²) >= 11 is 0. The number of nitrogens with two attached hydrogens (primary N) is 1. The lowest BCUT2D eigenvalue weighted by Crippen LogP contribution is -2.16. The highest BCUT2D eigenvalue weighted by Crippen LogP contribution is 2.18. The molecule has 2 aromatic rings. The van der Waals surface area contributed by atoms with Gasteiger partial charge in [-0.1, -0.05) is 0 Å². The average Bonchev–Trinajstić information content (AvgIpc) is 2.37. The maximum absolute atomic E-state index is 13.6. The quantitative estimate of drug-likeness (QED) is 0.871. The van der Waals surface area contributed by atoms with E-state index in [0.29, 0.717) is 5.69 Å². The van der Waals surface area contributed by atoms with Crippen LogP contribution in [-0.4, -0.2) is 24.3 Å². The lowest BCUT2D eigenvalue weighted by molar-refractivity contribution is 0.102. The molecule has 9 heteroatoms. The van der Waals surface area contributed by atoms with Crippen LogP contribution in [0.1, 0.15) is 16.2 Å². The van der Waals surface area contributed by atoms with Crippen LogP contribution in [0.25, 0.3) is 0 Å². The van der Waals surface area contributed by atoms with Crippen molar-refractivity contribution in [3.05, 3.63) is 47.8 Å². The number of amides is 1. The molecule has 0 atom stereocenters. The number of benzene rings is 1. The standard InChI is InChI=1S/C12H11FN4O3S/c1-7-5-16-10(6-15-7)12(18)17-8-2-3-11(9(13)4-8)21(14,19)20/h2-6H,1H3,(H,17,18)(H2,14,19,20). The fraction of sp³-hybridized carbons (Fsp3) is 0.0833. The van der Waals surface area contributed by atoms with E-state index in [1.165, 1.54) is 18.5 Å². The fourth-order valence-electron chi connectivity index (χ4n) is 1.51. The molecule has 0 unspecified atom stereocenters. The zero-order valence-corrected chi connectivity index (χ0v) is 11.7. The van der Waals surface area contributed by atoms with Gasteiger partial charge in [0.25, 0.3) is 5.91 Å². The average molecular weight is 310 g/mol. The number of carbonyl (C=O) groups excluding carboxylic acids is 1. The Morgan fingerprint density at radius 1 is 1.29 bits per heavy atom. The number of hydrogen-bond acceptors (Lipinski definition) is 5. The van der Waals surface area contributed by atoms with E-state index in [4.69, 9.17) is 5.14 Å². The minimum Gasteiger partial charge on any atom is -0.321 e. The number of anilines is 1. The van der Waals surface area contributed by atoms with E-state index in [1.807, 2.05) is 0 Å². The molecule has 110 valence electrons. The van der Waals surface area contributed by atoms with Crippen molar-refractivity contribution in [3.63, 3.8) is 0 Å². The summed E-state index contributed by atoms with van der Waals surface area (Å²) in [7, 11) is -4.15. The van der Waals surface area contributed by atoms with E-state index in [0.717, 1.165) is 12.1 Å². The Kier molecular flexibility index (Phi) is 3.96. The number of primary sulfonamides is 1. The van der Waals surface area contributed by atoms with Gasteiger partial charge in [0, 0.05) is 11.9 Å². The first-order valence-corrected chi connectivity index (χ1v) is 7.24. The molecule has 1 amide bonds. The Hall–Kier alpha value is -2.39. The number of halogens is 1. The molecule has 0 spiro atoms. The van der Waals surface area contributed by atoms with Crippen LogP contribution in [0.2, 0.25) is 0 Å². The van der Waals surface area contributed by atoms with Gasteiger partial charge in [0.05, 0.1) is 11.9 Å². The minimum atomic E-state index is -4.15. The maximum atomic E-state index is 13.6. The van der Waals surface area contributed by atoms with E-state index in [1.54, 1.807) is 6.92 Å². The van der Waals surface area contributed by atoms with Crippen molar-refractivity contribution < 1.29 is 17.6 Å². The largest absolute Gasteiger partial charge is 0.321 e. The topological polar surface area (TPSA) is 115 Å². The van der Waals surface area contributed by atoms with Crippen molar-refractivity contribution in [2.45, 2.75) is 11.8 Å². The van der Waals surface area contributed by atoms with E-state index in [2.05, 4.69) is 15.3 Å². The van der Waals surface area contributed by atoms with Gasteiger partial charge in [-0.2, -0.15) is 0 Å². The number of aromatic nitrogens is 2. The summed E-state index contributed by atoms with van der Waals surface area (Å²) < 4.78 is 35.8. The van der Waals surface area contributed by atoms with Gasteiger partial charge in [-0.15, -0.1) is 0 Å². The normalized spacial score (nSPS) is 11.2. The predicted octanol–water partition coefficient (Wildman–Crippen LogP) is 0.824. The van der Waals surface area contributed by atoms with Gasteiger partial charge in [-0.25, -0.2) is 22.9 Å². The monoisotopic (exact) mass is 310 g/mol. The number of sulfonamides is 1. The molecule has 21 heavy (non-hydrogen) atoms. The molecule has 1 aromatic carbocycles. The molecule has 0 radical (unpaired) electrons. The Balaban J connectivity index is 2.22. The lowest BCUT2D eigenvalue weighted by Gasteiger charge is -2.06. The van der Waals surface area contributed by atoms with Gasteiger partial charge in [0.2, 0.25) is 10.0 Å². The second-order valence-corrected chi connectivity index (χ2v) is 5.72. The molecule has 7 nitrogen and oxygen atoms in total. The highest BCUT2D eigenvalue weighted by Gasteiger charge is 2.15. The van der Waals surface area contributed by atoms with Crippen molar-refractivity contribution in [2.24, 2.45) is 5.14 Å². The second kappa shape index (κ2) is 5.54. The number of rotatable bonds is 3. The minimum absolute atomic E-state index is 0.0523. The van der Waals surface area contributed by atoms with Crippen molar-refractivity contribution >= 4 is 21.6 Å². The lowest BCUT2D eigenvalue weighted by atomic mass is 10.3. The molecule has 0 aliphatic carbocycles. The van der Waals surface area contributed by atoms with Crippen molar-refractivity contribution in [1.82, 2.24) is 9.97 Å². The highest BCUT2D eigenvalue weighted by atomic mass is 32.2. The number of carbonyl (C=O) groups is 1. The van der Waals surface area contributed by atoms with Gasteiger partial charge >= 0.3 is 0 Å². The van der Waals surface area contributed by atoms with Crippen LogP contribution in [0, 0.1) is 12.7 Å². The molecular weight excluding hydrogens is 299 g/mol. The van der Waals surface area contributed by atoms with Crippen molar-refractivity contribution in [3.8, 4) is 0 Å². The molecule has 0 aliphatic rings. The summed E-state index contributed by atoms with van der Waals surface area (Å²) in [5, 5.41) is 7.22. The number of aryl methyl sites for hydroxylation is 1. The second-order valence-electron chi connectivity index (χ2n) is 4.19. The van der Waals surface area contributed by atoms with Crippen LogP contribution in [0.4, 0.5) is 10.1 Å². The number of nitrogens with one attached hydrogen (secondary N) is 1. The Labute approximate surface area is 120 Å². The van der Waals surface area contributed by atoms with Gasteiger partial charge in [-0.3, -0.25) is 9.78 Å². The first-order valence-electron chi connectivity index (χ1n) is 5.70. The van der Waals surface area contributed by atoms with Crippen molar-refractivity contribution in [1.29, 1.82) is 0 Å². The van der Waals surface area contributed by atoms with Gasteiger partial charge in [-0.05, 0) is 25.1 Å². The van der Waals surface area contributed by atoms with Crippen LogP contribution >= 0.6 is 0 Å². The van der Waals surface area contributed by atoms with Crippen LogP contribution in [0.3, 0.4) is 0 Å². The zero-order chi connectivity index (χ0) is 15.6. The third-order valence-corrected chi connectivity index (χ3v) is 3.45. The van der Waals surface area contributed by atoms with Crippen molar-refractivity contribution in [2.75, 3.05) is 5.32 Å². The third-order valence-electron chi connectivity index (χ3n) is 2.51. The van der Waals surface area contributed by atoms with E-state index >= 15 is 0 Å². The molecule has 1 aromatic heterocycles. The summed E-state index contributed by atoms with van der Waals surface area (Å²) in [4.78, 5) is 19.0. The molecule has 1 heterocycles. The molecule has 0 aliphatic heterocycles. The Morgan fingerprint density at radius 3 is 2.52 bits per heavy atom. The SMILES string of the molecule is Cc1cnc(C(=O)Nc2ccc(S(N)(=O)=O)c(F)c2)cn1. The van der Waals surface area contributed by atoms with E-state index in [9.17, 15) is 17.6 Å². The van der Waals surface area contributed by atoms with Crippen LogP contribution in [0.15, 0.2) is 35.5 Å². The predicted molar refractivity (Wildman–Crippen MR) is 72.5 cm³/mol. The molecule has 0 saturated carbocycles. The molecule has 0 saturated heterocycles. The molecule has 2 rings (SSSR count). The van der Waals surface area contributed by atoms with E-state index in [-0.39, 0.29) is 11.4 Å². The Bertz CT molecular complexity index is 791. The zero-order valence-electron chi connectivity index (χ0n) is 10.9. The molecule has 0 bridgehead atoms. The molecular formula is C12H11FN4O3S. The summed E-state index contributed by atoms with van der Waals surface area (Å²) in [5.41, 5.74) is 0.777. The van der Waals surface area contributed by atoms with E-state index < -0.39 is 26.6 Å².